The van der Waals surface area contributed by atoms with Crippen LogP contribution in [0.1, 0.15) is 5.56 Å². The number of hydrogen-bond acceptors (Lipinski definition) is 3. The molecule has 0 atom stereocenters. The van der Waals surface area contributed by atoms with Crippen molar-refractivity contribution in [2.45, 2.75) is 6.54 Å². The largest absolute Gasteiger partial charge is 0.398 e. The Kier molecular flexibility index (Phi) is 3.34. The van der Waals surface area contributed by atoms with Gasteiger partial charge in [-0.15, -0.1) is 0 Å². The second kappa shape index (κ2) is 4.30. The zero-order chi connectivity index (χ0) is 8.97. The van der Waals surface area contributed by atoms with Crippen LogP contribution in [0.15, 0.2) is 18.2 Å². The fraction of sp³-hybridized carbons (Fsp3) is 0.250. The summed E-state index contributed by atoms with van der Waals surface area (Å²) >= 11 is 5.74. The molecule has 0 heterocycles. The monoisotopic (exact) mass is 186 g/mol. The first-order valence-electron chi connectivity index (χ1n) is 3.54. The summed E-state index contributed by atoms with van der Waals surface area (Å²) in [5.74, 6) is 0. The van der Waals surface area contributed by atoms with E-state index in [1.807, 2.05) is 12.1 Å². The minimum Gasteiger partial charge on any atom is -0.398 e. The smallest absolute Gasteiger partial charge is 0.0635 e. The Hall–Kier alpha value is -0.770. The summed E-state index contributed by atoms with van der Waals surface area (Å²) in [6, 6.07) is 5.47. The van der Waals surface area contributed by atoms with Crippen LogP contribution in [0, 0.1) is 0 Å². The Balaban J connectivity index is 2.69. The average Bonchev–Trinajstić information content (AvgIpc) is 2.07. The SMILES string of the molecule is CONCc1ccc(Cl)c(N)c1. The van der Waals surface area contributed by atoms with Crippen LogP contribution in [0.4, 0.5) is 5.69 Å². The van der Waals surface area contributed by atoms with Gasteiger partial charge in [-0.25, -0.2) is 0 Å². The molecule has 66 valence electrons. The van der Waals surface area contributed by atoms with E-state index in [4.69, 9.17) is 22.2 Å². The highest BCUT2D eigenvalue weighted by atomic mass is 35.5. The Morgan fingerprint density at radius 2 is 2.33 bits per heavy atom. The number of rotatable bonds is 3. The van der Waals surface area contributed by atoms with Crippen LogP contribution in [0.3, 0.4) is 0 Å². The van der Waals surface area contributed by atoms with Crippen molar-refractivity contribution in [3.8, 4) is 0 Å². The lowest BCUT2D eigenvalue weighted by Gasteiger charge is -2.03. The minimum atomic E-state index is 0.580. The summed E-state index contributed by atoms with van der Waals surface area (Å²) in [5, 5.41) is 0.580. The maximum Gasteiger partial charge on any atom is 0.0635 e. The van der Waals surface area contributed by atoms with Crippen molar-refractivity contribution in [3.63, 3.8) is 0 Å². The van der Waals surface area contributed by atoms with Crippen LogP contribution in [-0.4, -0.2) is 7.11 Å². The van der Waals surface area contributed by atoms with Crippen molar-refractivity contribution in [2.24, 2.45) is 0 Å². The molecule has 0 fully saturated rings. The predicted molar refractivity (Wildman–Crippen MR) is 49.7 cm³/mol. The van der Waals surface area contributed by atoms with E-state index in [9.17, 15) is 0 Å². The van der Waals surface area contributed by atoms with Crippen LogP contribution in [0.2, 0.25) is 5.02 Å². The molecular formula is C8H11ClN2O. The topological polar surface area (TPSA) is 47.3 Å². The van der Waals surface area contributed by atoms with Gasteiger partial charge < -0.3 is 10.6 Å². The van der Waals surface area contributed by atoms with Gasteiger partial charge >= 0.3 is 0 Å². The second-order valence-electron chi connectivity index (χ2n) is 2.38. The summed E-state index contributed by atoms with van der Waals surface area (Å²) < 4.78 is 0. The molecule has 0 bridgehead atoms. The van der Waals surface area contributed by atoms with Crippen LogP contribution in [-0.2, 0) is 11.4 Å². The lowest BCUT2D eigenvalue weighted by Crippen LogP contribution is -2.10. The van der Waals surface area contributed by atoms with Crippen LogP contribution < -0.4 is 11.2 Å². The molecule has 0 amide bonds. The van der Waals surface area contributed by atoms with E-state index in [2.05, 4.69) is 5.48 Å². The van der Waals surface area contributed by atoms with E-state index in [1.165, 1.54) is 0 Å². The lowest BCUT2D eigenvalue weighted by molar-refractivity contribution is 0.0867. The third-order valence-corrected chi connectivity index (χ3v) is 1.83. The first kappa shape index (κ1) is 9.32. The van der Waals surface area contributed by atoms with E-state index < -0.39 is 0 Å². The maximum atomic E-state index is 5.74. The van der Waals surface area contributed by atoms with E-state index >= 15 is 0 Å². The fourth-order valence-corrected chi connectivity index (χ4v) is 0.976. The lowest BCUT2D eigenvalue weighted by atomic mass is 10.2. The number of hydrogen-bond donors (Lipinski definition) is 2. The van der Waals surface area contributed by atoms with Gasteiger partial charge in [-0.3, -0.25) is 0 Å². The van der Waals surface area contributed by atoms with Crippen LogP contribution >= 0.6 is 11.6 Å². The average molecular weight is 187 g/mol. The molecule has 4 heteroatoms. The van der Waals surface area contributed by atoms with Crippen molar-refractivity contribution in [3.05, 3.63) is 28.8 Å². The highest BCUT2D eigenvalue weighted by molar-refractivity contribution is 6.33. The van der Waals surface area contributed by atoms with Gasteiger partial charge in [0.05, 0.1) is 17.8 Å². The maximum absolute atomic E-state index is 5.74. The molecule has 3 N–H and O–H groups in total. The molecule has 1 aromatic rings. The van der Waals surface area contributed by atoms with Gasteiger partial charge in [0.25, 0.3) is 0 Å². The van der Waals surface area contributed by atoms with Crippen molar-refractivity contribution >= 4 is 17.3 Å². The summed E-state index contributed by atoms with van der Waals surface area (Å²) in [6.07, 6.45) is 0. The van der Waals surface area contributed by atoms with E-state index in [0.717, 1.165) is 5.56 Å². The number of hydroxylamine groups is 1. The highest BCUT2D eigenvalue weighted by Crippen LogP contribution is 2.19. The van der Waals surface area contributed by atoms with Gasteiger partial charge in [-0.05, 0) is 17.7 Å². The number of nitrogen functional groups attached to an aromatic ring is 1. The number of halogens is 1. The van der Waals surface area contributed by atoms with E-state index in [-0.39, 0.29) is 0 Å². The quantitative estimate of drug-likeness (QED) is 0.557. The standard InChI is InChI=1S/C8H11ClN2O/c1-12-11-5-6-2-3-7(9)8(10)4-6/h2-4,11H,5,10H2,1H3. The van der Waals surface area contributed by atoms with E-state index in [0.29, 0.717) is 17.3 Å². The molecule has 0 aliphatic rings. The number of nitrogens with one attached hydrogen (secondary N) is 1. The summed E-state index contributed by atoms with van der Waals surface area (Å²) in [6.45, 7) is 0.623. The normalized spacial score (nSPS) is 10.2. The molecule has 0 unspecified atom stereocenters. The molecule has 1 aromatic carbocycles. The molecule has 0 spiro atoms. The molecule has 0 aliphatic heterocycles. The van der Waals surface area contributed by atoms with Crippen molar-refractivity contribution in [2.75, 3.05) is 12.8 Å². The van der Waals surface area contributed by atoms with Crippen LogP contribution in [0.25, 0.3) is 0 Å². The molecule has 0 saturated carbocycles. The predicted octanol–water partition coefficient (Wildman–Crippen LogP) is 1.57. The molecular weight excluding hydrogens is 176 g/mol. The first-order valence-corrected chi connectivity index (χ1v) is 3.91. The molecule has 1 rings (SSSR count). The van der Waals surface area contributed by atoms with Crippen LogP contribution in [0.5, 0.6) is 0 Å². The van der Waals surface area contributed by atoms with Gasteiger partial charge in [0.15, 0.2) is 0 Å². The van der Waals surface area contributed by atoms with Gasteiger partial charge in [0.1, 0.15) is 0 Å². The molecule has 0 saturated heterocycles. The number of nitrogens with two attached hydrogens (primary N) is 1. The third kappa shape index (κ3) is 2.37. The molecule has 0 aromatic heterocycles. The highest BCUT2D eigenvalue weighted by Gasteiger charge is 1.97. The minimum absolute atomic E-state index is 0.580. The van der Waals surface area contributed by atoms with Gasteiger partial charge in [-0.2, -0.15) is 5.48 Å². The number of benzene rings is 1. The Morgan fingerprint density at radius 3 is 2.92 bits per heavy atom. The van der Waals surface area contributed by atoms with Crippen molar-refractivity contribution in [1.82, 2.24) is 5.48 Å². The summed E-state index contributed by atoms with van der Waals surface area (Å²) in [4.78, 5) is 4.69. The van der Waals surface area contributed by atoms with Gasteiger partial charge in [0.2, 0.25) is 0 Å². The first-order chi connectivity index (χ1) is 5.74. The second-order valence-corrected chi connectivity index (χ2v) is 2.79. The molecule has 3 nitrogen and oxygen atoms in total. The van der Waals surface area contributed by atoms with Gasteiger partial charge in [-0.1, -0.05) is 17.7 Å². The van der Waals surface area contributed by atoms with Crippen molar-refractivity contribution in [1.29, 1.82) is 0 Å². The Labute approximate surface area is 76.4 Å². The molecule has 0 radical (unpaired) electrons. The summed E-state index contributed by atoms with van der Waals surface area (Å²) in [5.41, 5.74) is 9.93. The zero-order valence-electron chi connectivity index (χ0n) is 6.80. The van der Waals surface area contributed by atoms with E-state index in [1.54, 1.807) is 13.2 Å². The third-order valence-electron chi connectivity index (χ3n) is 1.48. The van der Waals surface area contributed by atoms with Crippen molar-refractivity contribution < 1.29 is 4.84 Å². The van der Waals surface area contributed by atoms with Gasteiger partial charge in [0, 0.05) is 6.54 Å². The Morgan fingerprint density at radius 1 is 1.58 bits per heavy atom. The molecule has 0 aliphatic carbocycles. The molecule has 12 heavy (non-hydrogen) atoms. The fourth-order valence-electron chi connectivity index (χ4n) is 0.859. The zero-order valence-corrected chi connectivity index (χ0v) is 7.56. The summed E-state index contributed by atoms with van der Waals surface area (Å²) in [7, 11) is 1.57. The number of anilines is 1. The Bertz CT molecular complexity index is 265.